The number of amides is 1. The molecule has 124 valence electrons. The van der Waals surface area contributed by atoms with Crippen molar-refractivity contribution in [2.75, 3.05) is 6.61 Å². The van der Waals surface area contributed by atoms with Crippen molar-refractivity contribution in [1.82, 2.24) is 5.32 Å². The molecule has 0 saturated heterocycles. The topological polar surface area (TPSA) is 62.5 Å². The van der Waals surface area contributed by atoms with Gasteiger partial charge in [0.05, 0.1) is 18.1 Å². The van der Waals surface area contributed by atoms with E-state index in [4.69, 9.17) is 4.42 Å². The van der Waals surface area contributed by atoms with Crippen molar-refractivity contribution in [3.8, 4) is 0 Å². The van der Waals surface area contributed by atoms with Crippen molar-refractivity contribution in [2.24, 2.45) is 5.92 Å². The van der Waals surface area contributed by atoms with Gasteiger partial charge in [0.25, 0.3) is 0 Å². The highest BCUT2D eigenvalue weighted by Crippen LogP contribution is 2.25. The van der Waals surface area contributed by atoms with Crippen LogP contribution in [-0.2, 0) is 10.5 Å². The summed E-state index contributed by atoms with van der Waals surface area (Å²) >= 11 is 1.62. The number of aliphatic hydroxyl groups is 1. The number of carbonyl (C=O) groups excluding carboxylic acids is 1. The van der Waals surface area contributed by atoms with E-state index in [0.717, 1.165) is 5.75 Å². The Morgan fingerprint density at radius 1 is 1.22 bits per heavy atom. The van der Waals surface area contributed by atoms with Crippen molar-refractivity contribution in [3.05, 3.63) is 60.1 Å². The molecule has 0 aliphatic carbocycles. The largest absolute Gasteiger partial charge is 0.467 e. The molecule has 1 heterocycles. The first-order valence-corrected chi connectivity index (χ1v) is 8.77. The molecule has 0 bridgehead atoms. The molecule has 0 radical (unpaired) electrons. The van der Waals surface area contributed by atoms with Gasteiger partial charge in [-0.05, 0) is 23.6 Å². The van der Waals surface area contributed by atoms with Gasteiger partial charge in [-0.1, -0.05) is 44.2 Å². The number of rotatable bonds is 8. The van der Waals surface area contributed by atoms with Gasteiger partial charge in [0.15, 0.2) is 0 Å². The monoisotopic (exact) mass is 333 g/mol. The van der Waals surface area contributed by atoms with E-state index in [0.29, 0.717) is 5.76 Å². The zero-order valence-electron chi connectivity index (χ0n) is 13.4. The second kappa shape index (κ2) is 8.79. The van der Waals surface area contributed by atoms with Gasteiger partial charge < -0.3 is 14.8 Å². The molecule has 5 heteroatoms. The molecule has 2 N–H and O–H groups in total. The van der Waals surface area contributed by atoms with Gasteiger partial charge in [-0.3, -0.25) is 4.79 Å². The second-order valence-corrected chi connectivity index (χ2v) is 6.85. The molecule has 0 fully saturated rings. The van der Waals surface area contributed by atoms with Gasteiger partial charge in [-0.2, -0.15) is 0 Å². The van der Waals surface area contributed by atoms with Crippen LogP contribution in [0.4, 0.5) is 0 Å². The lowest BCUT2D eigenvalue weighted by atomic mass is 10.1. The van der Waals surface area contributed by atoms with Crippen molar-refractivity contribution in [3.63, 3.8) is 0 Å². The predicted octanol–water partition coefficient (Wildman–Crippen LogP) is 3.39. The number of benzene rings is 1. The molecule has 23 heavy (non-hydrogen) atoms. The van der Waals surface area contributed by atoms with Crippen LogP contribution in [-0.4, -0.2) is 22.9 Å². The first-order chi connectivity index (χ1) is 11.1. The summed E-state index contributed by atoms with van der Waals surface area (Å²) in [6, 6.07) is 13.1. The maximum absolute atomic E-state index is 12.6. The summed E-state index contributed by atoms with van der Waals surface area (Å²) in [5, 5.41) is 12.2. The molecule has 2 rings (SSSR count). The SMILES string of the molecule is CC(C)C(SCc1ccccc1)C(=O)NC(CO)c1ccco1. The standard InChI is InChI=1S/C18H23NO3S/c1-13(2)17(23-12-14-7-4-3-5-8-14)18(21)19-15(11-20)16-9-6-10-22-16/h3-10,13,15,17,20H,11-12H2,1-2H3,(H,19,21). The Hall–Kier alpha value is -1.72. The van der Waals surface area contributed by atoms with Gasteiger partial charge >= 0.3 is 0 Å². The average molecular weight is 333 g/mol. The molecule has 2 aromatic rings. The minimum atomic E-state index is -0.504. The third kappa shape index (κ3) is 5.15. The third-order valence-corrected chi connectivity index (χ3v) is 5.14. The Labute approximate surface area is 141 Å². The van der Waals surface area contributed by atoms with E-state index in [1.54, 1.807) is 23.9 Å². The molecule has 4 nitrogen and oxygen atoms in total. The molecule has 0 saturated carbocycles. The number of hydrogen-bond donors (Lipinski definition) is 2. The van der Waals surface area contributed by atoms with Crippen molar-refractivity contribution < 1.29 is 14.3 Å². The molecular formula is C18H23NO3S. The van der Waals surface area contributed by atoms with E-state index in [1.165, 1.54) is 11.8 Å². The fourth-order valence-electron chi connectivity index (χ4n) is 2.28. The fourth-order valence-corrected chi connectivity index (χ4v) is 3.45. The maximum atomic E-state index is 12.6. The molecule has 0 spiro atoms. The quantitative estimate of drug-likeness (QED) is 0.777. The normalized spacial score (nSPS) is 13.7. The van der Waals surface area contributed by atoms with Crippen LogP contribution in [0.5, 0.6) is 0 Å². The van der Waals surface area contributed by atoms with Crippen LogP contribution in [0.1, 0.15) is 31.2 Å². The van der Waals surface area contributed by atoms with Crippen LogP contribution >= 0.6 is 11.8 Å². The first kappa shape index (κ1) is 17.6. The van der Waals surface area contributed by atoms with Gasteiger partial charge in [0, 0.05) is 5.75 Å². The number of thioether (sulfide) groups is 1. The number of aliphatic hydroxyl groups excluding tert-OH is 1. The highest BCUT2D eigenvalue weighted by atomic mass is 32.2. The maximum Gasteiger partial charge on any atom is 0.234 e. The minimum Gasteiger partial charge on any atom is -0.467 e. The summed E-state index contributed by atoms with van der Waals surface area (Å²) in [7, 11) is 0. The summed E-state index contributed by atoms with van der Waals surface area (Å²) in [5.41, 5.74) is 1.20. The molecule has 1 aromatic heterocycles. The van der Waals surface area contributed by atoms with Crippen LogP contribution < -0.4 is 5.32 Å². The van der Waals surface area contributed by atoms with Crippen molar-refractivity contribution in [1.29, 1.82) is 0 Å². The molecule has 2 unspecified atom stereocenters. The highest BCUT2D eigenvalue weighted by molar-refractivity contribution is 7.99. The molecular weight excluding hydrogens is 310 g/mol. The van der Waals surface area contributed by atoms with E-state index in [9.17, 15) is 9.90 Å². The van der Waals surface area contributed by atoms with Crippen LogP contribution in [0.3, 0.4) is 0 Å². The van der Waals surface area contributed by atoms with E-state index in [-0.39, 0.29) is 23.7 Å². The van der Waals surface area contributed by atoms with E-state index < -0.39 is 6.04 Å². The Bertz CT molecular complexity index is 584. The number of hydrogen-bond acceptors (Lipinski definition) is 4. The highest BCUT2D eigenvalue weighted by Gasteiger charge is 2.26. The Morgan fingerprint density at radius 3 is 2.52 bits per heavy atom. The van der Waals surface area contributed by atoms with Crippen LogP contribution in [0, 0.1) is 5.92 Å². The first-order valence-electron chi connectivity index (χ1n) is 7.72. The van der Waals surface area contributed by atoms with E-state index in [1.807, 2.05) is 32.0 Å². The van der Waals surface area contributed by atoms with E-state index in [2.05, 4.69) is 17.4 Å². The molecule has 1 amide bonds. The minimum absolute atomic E-state index is 0.0728. The van der Waals surface area contributed by atoms with E-state index >= 15 is 0 Å². The summed E-state index contributed by atoms with van der Waals surface area (Å²) in [6.07, 6.45) is 1.54. The number of furan rings is 1. The lowest BCUT2D eigenvalue weighted by Crippen LogP contribution is -2.39. The van der Waals surface area contributed by atoms with Crippen LogP contribution in [0.15, 0.2) is 53.1 Å². The van der Waals surface area contributed by atoms with Crippen molar-refractivity contribution in [2.45, 2.75) is 30.9 Å². The number of nitrogens with one attached hydrogen (secondary N) is 1. The number of carbonyl (C=O) groups is 1. The average Bonchev–Trinajstić information content (AvgIpc) is 3.07. The van der Waals surface area contributed by atoms with Gasteiger partial charge in [-0.15, -0.1) is 11.8 Å². The smallest absolute Gasteiger partial charge is 0.234 e. The summed E-state index contributed by atoms with van der Waals surface area (Å²) in [6.45, 7) is 3.87. The summed E-state index contributed by atoms with van der Waals surface area (Å²) in [5.74, 6) is 1.47. The Balaban J connectivity index is 1.97. The third-order valence-electron chi connectivity index (χ3n) is 3.52. The molecule has 2 atom stereocenters. The lowest BCUT2D eigenvalue weighted by Gasteiger charge is -2.22. The zero-order chi connectivity index (χ0) is 16.7. The van der Waals surface area contributed by atoms with Crippen molar-refractivity contribution >= 4 is 17.7 Å². The molecule has 0 aliphatic heterocycles. The second-order valence-electron chi connectivity index (χ2n) is 5.72. The fraction of sp³-hybridized carbons (Fsp3) is 0.389. The van der Waals surface area contributed by atoms with Gasteiger partial charge in [0.2, 0.25) is 5.91 Å². The van der Waals surface area contributed by atoms with Crippen LogP contribution in [0.2, 0.25) is 0 Å². The zero-order valence-corrected chi connectivity index (χ0v) is 14.3. The Morgan fingerprint density at radius 2 is 1.96 bits per heavy atom. The Kier molecular flexibility index (Phi) is 6.74. The predicted molar refractivity (Wildman–Crippen MR) is 93.0 cm³/mol. The van der Waals surface area contributed by atoms with Crippen LogP contribution in [0.25, 0.3) is 0 Å². The molecule has 1 aromatic carbocycles. The van der Waals surface area contributed by atoms with Gasteiger partial charge in [-0.25, -0.2) is 0 Å². The summed E-state index contributed by atoms with van der Waals surface area (Å²) < 4.78 is 5.28. The summed E-state index contributed by atoms with van der Waals surface area (Å²) in [4.78, 5) is 12.6. The lowest BCUT2D eigenvalue weighted by molar-refractivity contribution is -0.122. The molecule has 0 aliphatic rings. The van der Waals surface area contributed by atoms with Gasteiger partial charge in [0.1, 0.15) is 11.8 Å².